The van der Waals surface area contributed by atoms with E-state index in [0.717, 1.165) is 41.3 Å². The second-order valence-corrected chi connectivity index (χ2v) is 5.51. The monoisotopic (exact) mass is 284 g/mol. The number of nitrogens with zero attached hydrogens (tertiary/aromatic N) is 2. The van der Waals surface area contributed by atoms with Crippen molar-refractivity contribution in [3.63, 3.8) is 0 Å². The lowest BCUT2D eigenvalue weighted by Crippen LogP contribution is -2.27. The van der Waals surface area contributed by atoms with Crippen molar-refractivity contribution in [3.8, 4) is 0 Å². The molecule has 21 heavy (non-hydrogen) atoms. The summed E-state index contributed by atoms with van der Waals surface area (Å²) in [6, 6.07) is 8.01. The van der Waals surface area contributed by atoms with Crippen molar-refractivity contribution in [2.45, 2.75) is 26.2 Å². The number of aryl methyl sites for hydroxylation is 2. The van der Waals surface area contributed by atoms with E-state index in [4.69, 9.17) is 0 Å². The molecule has 0 radical (unpaired) electrons. The fourth-order valence-electron chi connectivity index (χ4n) is 2.91. The second-order valence-electron chi connectivity index (χ2n) is 5.51. The Bertz CT molecular complexity index is 690. The van der Waals surface area contributed by atoms with Crippen molar-refractivity contribution < 1.29 is 4.79 Å². The minimum atomic E-state index is -0.110. The number of rotatable bonds is 2. The van der Waals surface area contributed by atoms with E-state index in [2.05, 4.69) is 15.7 Å². The lowest BCUT2D eigenvalue weighted by molar-refractivity contribution is -0.117. The fourth-order valence-corrected chi connectivity index (χ4v) is 2.91. The minimum Gasteiger partial charge on any atom is -0.385 e. The largest absolute Gasteiger partial charge is 0.385 e. The number of aromatic nitrogens is 2. The van der Waals surface area contributed by atoms with Gasteiger partial charge in [0.25, 0.3) is 0 Å². The molecule has 1 unspecified atom stereocenters. The Kier molecular flexibility index (Phi) is 3.41. The number of para-hydroxylation sites is 1. The van der Waals surface area contributed by atoms with Gasteiger partial charge in [-0.1, -0.05) is 18.2 Å². The predicted molar refractivity (Wildman–Crippen MR) is 83.6 cm³/mol. The number of anilines is 2. The van der Waals surface area contributed by atoms with Gasteiger partial charge in [-0.05, 0) is 31.9 Å². The number of hydrogen-bond donors (Lipinski definition) is 2. The first-order valence-electron chi connectivity index (χ1n) is 7.22. The van der Waals surface area contributed by atoms with Crippen LogP contribution in [0.2, 0.25) is 0 Å². The number of fused-ring (bicyclic) bond motifs is 1. The number of benzene rings is 1. The summed E-state index contributed by atoms with van der Waals surface area (Å²) in [6.45, 7) is 4.70. The number of carbonyl (C=O) groups is 1. The van der Waals surface area contributed by atoms with Crippen molar-refractivity contribution >= 4 is 17.3 Å². The smallest absolute Gasteiger partial charge is 0.232 e. The average Bonchev–Trinajstić information content (AvgIpc) is 2.73. The zero-order valence-electron chi connectivity index (χ0n) is 12.6. The molecule has 1 aromatic heterocycles. The molecule has 2 heterocycles. The zero-order valence-corrected chi connectivity index (χ0v) is 12.6. The van der Waals surface area contributed by atoms with Crippen molar-refractivity contribution in [1.82, 2.24) is 9.78 Å². The van der Waals surface area contributed by atoms with Crippen LogP contribution in [0.3, 0.4) is 0 Å². The van der Waals surface area contributed by atoms with Gasteiger partial charge in [0.1, 0.15) is 0 Å². The molecule has 3 rings (SSSR count). The molecule has 1 aromatic carbocycles. The van der Waals surface area contributed by atoms with Crippen LogP contribution in [0.4, 0.5) is 11.4 Å². The Balaban J connectivity index is 1.87. The van der Waals surface area contributed by atoms with Crippen LogP contribution in [-0.2, 0) is 11.8 Å². The van der Waals surface area contributed by atoms with E-state index in [-0.39, 0.29) is 11.8 Å². The van der Waals surface area contributed by atoms with Gasteiger partial charge in [0.05, 0.1) is 23.0 Å². The highest BCUT2D eigenvalue weighted by Gasteiger charge is 2.27. The summed E-state index contributed by atoms with van der Waals surface area (Å²) in [5.74, 6) is -0.0652. The third-order valence-electron chi connectivity index (χ3n) is 4.16. The molecule has 0 saturated heterocycles. The first kappa shape index (κ1) is 13.7. The molecule has 1 aliphatic heterocycles. The Morgan fingerprint density at radius 3 is 2.86 bits per heavy atom. The third-order valence-corrected chi connectivity index (χ3v) is 4.16. The van der Waals surface area contributed by atoms with E-state index in [9.17, 15) is 4.79 Å². The molecular formula is C16H20N4O. The first-order chi connectivity index (χ1) is 10.1. The topological polar surface area (TPSA) is 59.0 Å². The number of amides is 1. The van der Waals surface area contributed by atoms with Crippen molar-refractivity contribution in [2.24, 2.45) is 7.05 Å². The van der Waals surface area contributed by atoms with Crippen LogP contribution in [0.5, 0.6) is 0 Å². The maximum absolute atomic E-state index is 12.7. The Labute approximate surface area is 124 Å². The normalized spacial score (nSPS) is 17.0. The van der Waals surface area contributed by atoms with Crippen LogP contribution in [0.15, 0.2) is 24.3 Å². The van der Waals surface area contributed by atoms with Gasteiger partial charge in [0.15, 0.2) is 0 Å². The van der Waals surface area contributed by atoms with Crippen LogP contribution < -0.4 is 10.6 Å². The zero-order chi connectivity index (χ0) is 15.0. The van der Waals surface area contributed by atoms with Gasteiger partial charge in [-0.15, -0.1) is 0 Å². The summed E-state index contributed by atoms with van der Waals surface area (Å²) in [4.78, 5) is 12.7. The first-order valence-corrected chi connectivity index (χ1v) is 7.22. The molecule has 1 amide bonds. The summed E-state index contributed by atoms with van der Waals surface area (Å²) < 4.78 is 1.79. The number of hydrogen-bond acceptors (Lipinski definition) is 3. The highest BCUT2D eigenvalue weighted by Crippen LogP contribution is 2.32. The molecule has 0 saturated carbocycles. The summed E-state index contributed by atoms with van der Waals surface area (Å²) in [5.41, 5.74) is 4.79. The molecule has 5 nitrogen and oxygen atoms in total. The van der Waals surface area contributed by atoms with E-state index in [1.807, 2.05) is 45.2 Å². The molecule has 1 aliphatic rings. The molecule has 2 N–H and O–H groups in total. The predicted octanol–water partition coefficient (Wildman–Crippen LogP) is 2.57. The van der Waals surface area contributed by atoms with Crippen molar-refractivity contribution in [2.75, 3.05) is 17.2 Å². The van der Waals surface area contributed by atoms with E-state index in [1.165, 1.54) is 0 Å². The molecule has 0 bridgehead atoms. The van der Waals surface area contributed by atoms with Crippen LogP contribution in [0.1, 0.15) is 29.3 Å². The van der Waals surface area contributed by atoms with E-state index >= 15 is 0 Å². The molecule has 0 fully saturated rings. The van der Waals surface area contributed by atoms with Gasteiger partial charge in [-0.2, -0.15) is 5.10 Å². The summed E-state index contributed by atoms with van der Waals surface area (Å²) in [6.07, 6.45) is 0.807. The number of carbonyl (C=O) groups excluding carboxylic acids is 1. The summed E-state index contributed by atoms with van der Waals surface area (Å²) in [5, 5.41) is 10.7. The molecule has 2 aromatic rings. The molecule has 0 spiro atoms. The van der Waals surface area contributed by atoms with Gasteiger partial charge in [0.2, 0.25) is 5.91 Å². The summed E-state index contributed by atoms with van der Waals surface area (Å²) in [7, 11) is 1.89. The van der Waals surface area contributed by atoms with Gasteiger partial charge >= 0.3 is 0 Å². The van der Waals surface area contributed by atoms with Crippen LogP contribution in [-0.4, -0.2) is 22.2 Å². The minimum absolute atomic E-state index is 0.0446. The van der Waals surface area contributed by atoms with Crippen molar-refractivity contribution in [1.29, 1.82) is 0 Å². The molecular weight excluding hydrogens is 264 g/mol. The SMILES string of the molecule is Cc1nn(C)c(C)c1NC(=O)C1CCNc2ccccc21. The van der Waals surface area contributed by atoms with Crippen LogP contribution in [0.25, 0.3) is 0 Å². The Morgan fingerprint density at radius 1 is 1.38 bits per heavy atom. The third kappa shape index (κ3) is 2.39. The van der Waals surface area contributed by atoms with Gasteiger partial charge in [0, 0.05) is 19.3 Å². The standard InChI is InChI=1S/C16H20N4O/c1-10-15(11(2)20(3)19-10)18-16(21)13-8-9-17-14-7-5-4-6-12(13)14/h4-7,13,17H,8-9H2,1-3H3,(H,18,21). The second kappa shape index (κ2) is 5.24. The van der Waals surface area contributed by atoms with Gasteiger partial charge in [-0.25, -0.2) is 0 Å². The highest BCUT2D eigenvalue weighted by molar-refractivity contribution is 5.98. The lowest BCUT2D eigenvalue weighted by Gasteiger charge is -2.25. The van der Waals surface area contributed by atoms with E-state index in [0.29, 0.717) is 0 Å². The maximum Gasteiger partial charge on any atom is 0.232 e. The van der Waals surface area contributed by atoms with E-state index in [1.54, 1.807) is 4.68 Å². The highest BCUT2D eigenvalue weighted by atomic mass is 16.1. The van der Waals surface area contributed by atoms with Gasteiger partial charge in [-0.3, -0.25) is 9.48 Å². The number of nitrogens with one attached hydrogen (secondary N) is 2. The molecule has 5 heteroatoms. The fraction of sp³-hybridized carbons (Fsp3) is 0.375. The molecule has 1 atom stereocenters. The van der Waals surface area contributed by atoms with Crippen LogP contribution >= 0.6 is 0 Å². The quantitative estimate of drug-likeness (QED) is 0.891. The van der Waals surface area contributed by atoms with E-state index < -0.39 is 0 Å². The summed E-state index contributed by atoms with van der Waals surface area (Å²) >= 11 is 0. The van der Waals surface area contributed by atoms with Crippen LogP contribution in [0, 0.1) is 13.8 Å². The van der Waals surface area contributed by atoms with Gasteiger partial charge < -0.3 is 10.6 Å². The lowest BCUT2D eigenvalue weighted by atomic mass is 9.90. The molecule has 110 valence electrons. The average molecular weight is 284 g/mol. The van der Waals surface area contributed by atoms with Crippen molar-refractivity contribution in [3.05, 3.63) is 41.2 Å². The molecule has 0 aliphatic carbocycles. The Morgan fingerprint density at radius 2 is 2.14 bits per heavy atom. The maximum atomic E-state index is 12.7. The Hall–Kier alpha value is -2.30.